The van der Waals surface area contributed by atoms with E-state index in [0.717, 1.165) is 25.4 Å². The number of hydrogen-bond acceptors (Lipinski definition) is 2. The van der Waals surface area contributed by atoms with Crippen LogP contribution >= 0.6 is 0 Å². The van der Waals surface area contributed by atoms with E-state index in [1.54, 1.807) is 0 Å². The molecule has 0 fully saturated rings. The van der Waals surface area contributed by atoms with Crippen molar-refractivity contribution in [2.45, 2.75) is 46.1 Å². The van der Waals surface area contributed by atoms with Gasteiger partial charge in [-0.2, -0.15) is 0 Å². The second-order valence-corrected chi connectivity index (χ2v) is 4.45. The van der Waals surface area contributed by atoms with Crippen LogP contribution in [0.25, 0.3) is 0 Å². The minimum atomic E-state index is 0.184. The van der Waals surface area contributed by atoms with Crippen molar-refractivity contribution in [3.63, 3.8) is 0 Å². The first-order valence-electron chi connectivity index (χ1n) is 5.41. The van der Waals surface area contributed by atoms with Gasteiger partial charge in [0, 0.05) is 18.6 Å². The normalized spacial score (nSPS) is 18.7. The van der Waals surface area contributed by atoms with E-state index in [4.69, 9.17) is 5.73 Å². The van der Waals surface area contributed by atoms with Crippen molar-refractivity contribution >= 4 is 0 Å². The maximum absolute atomic E-state index is 5.79. The van der Waals surface area contributed by atoms with E-state index in [0.29, 0.717) is 0 Å². The summed E-state index contributed by atoms with van der Waals surface area (Å²) in [5.41, 5.74) is 5.98. The fourth-order valence-electron chi connectivity index (χ4n) is 1.39. The molecule has 0 aromatic heterocycles. The molecule has 2 N–H and O–H groups in total. The molecule has 2 nitrogen and oxygen atoms in total. The van der Waals surface area contributed by atoms with Gasteiger partial charge in [0.2, 0.25) is 0 Å². The SMILES string of the molecule is CCC(C)CN(C)C(C)(CC)CN. The fourth-order valence-corrected chi connectivity index (χ4v) is 1.39. The number of rotatable bonds is 6. The van der Waals surface area contributed by atoms with Crippen LogP contribution in [0.4, 0.5) is 0 Å². The molecule has 2 unspecified atom stereocenters. The summed E-state index contributed by atoms with van der Waals surface area (Å²) in [6.45, 7) is 10.9. The van der Waals surface area contributed by atoms with Crippen LogP contribution in [0.1, 0.15) is 40.5 Å². The highest BCUT2D eigenvalue weighted by Crippen LogP contribution is 2.18. The molecule has 0 aliphatic carbocycles. The zero-order valence-corrected chi connectivity index (χ0v) is 9.93. The molecule has 0 rings (SSSR count). The Balaban J connectivity index is 4.13. The van der Waals surface area contributed by atoms with Crippen LogP contribution in [0.3, 0.4) is 0 Å². The number of likely N-dealkylation sites (N-methyl/N-ethyl adjacent to an activating group) is 1. The number of nitrogens with two attached hydrogens (primary N) is 1. The van der Waals surface area contributed by atoms with Gasteiger partial charge in [0.05, 0.1) is 0 Å². The summed E-state index contributed by atoms with van der Waals surface area (Å²) < 4.78 is 0. The number of hydrogen-bond donors (Lipinski definition) is 1. The summed E-state index contributed by atoms with van der Waals surface area (Å²) in [5.74, 6) is 0.766. The summed E-state index contributed by atoms with van der Waals surface area (Å²) in [6, 6.07) is 0. The van der Waals surface area contributed by atoms with Gasteiger partial charge in [-0.15, -0.1) is 0 Å². The van der Waals surface area contributed by atoms with E-state index < -0.39 is 0 Å². The lowest BCUT2D eigenvalue weighted by atomic mass is 9.95. The summed E-state index contributed by atoms with van der Waals surface area (Å²) >= 11 is 0. The Kier molecular flexibility index (Phi) is 5.57. The molecule has 0 heterocycles. The Hall–Kier alpha value is -0.0800. The van der Waals surface area contributed by atoms with Gasteiger partial charge in [0.25, 0.3) is 0 Å². The molecule has 0 radical (unpaired) electrons. The molecule has 13 heavy (non-hydrogen) atoms. The molecule has 2 heteroatoms. The lowest BCUT2D eigenvalue weighted by molar-refractivity contribution is 0.120. The van der Waals surface area contributed by atoms with Crippen molar-refractivity contribution < 1.29 is 0 Å². The van der Waals surface area contributed by atoms with Crippen molar-refractivity contribution in [3.05, 3.63) is 0 Å². The van der Waals surface area contributed by atoms with Gasteiger partial charge in [-0.25, -0.2) is 0 Å². The van der Waals surface area contributed by atoms with E-state index in [1.807, 2.05) is 0 Å². The van der Waals surface area contributed by atoms with Crippen LogP contribution in [0.5, 0.6) is 0 Å². The van der Waals surface area contributed by atoms with Crippen LogP contribution in [-0.4, -0.2) is 30.6 Å². The Morgan fingerprint density at radius 3 is 2.23 bits per heavy atom. The third-order valence-electron chi connectivity index (χ3n) is 3.41. The van der Waals surface area contributed by atoms with Gasteiger partial charge < -0.3 is 5.73 Å². The average Bonchev–Trinajstić information content (AvgIpc) is 2.16. The molecular formula is C11H26N2. The number of nitrogens with zero attached hydrogens (tertiary/aromatic N) is 1. The lowest BCUT2D eigenvalue weighted by Gasteiger charge is -2.38. The lowest BCUT2D eigenvalue weighted by Crippen LogP contribution is -2.50. The largest absolute Gasteiger partial charge is 0.329 e. The van der Waals surface area contributed by atoms with Crippen LogP contribution in [0.15, 0.2) is 0 Å². The molecule has 0 aliphatic rings. The smallest absolute Gasteiger partial charge is 0.0298 e. The van der Waals surface area contributed by atoms with Gasteiger partial charge in [-0.1, -0.05) is 27.2 Å². The molecule has 0 bridgehead atoms. The Morgan fingerprint density at radius 2 is 1.92 bits per heavy atom. The Morgan fingerprint density at radius 1 is 1.38 bits per heavy atom. The van der Waals surface area contributed by atoms with Gasteiger partial charge in [0.1, 0.15) is 0 Å². The van der Waals surface area contributed by atoms with Crippen LogP contribution in [0.2, 0.25) is 0 Å². The monoisotopic (exact) mass is 186 g/mol. The minimum Gasteiger partial charge on any atom is -0.329 e. The summed E-state index contributed by atoms with van der Waals surface area (Å²) in [7, 11) is 2.18. The maximum atomic E-state index is 5.79. The van der Waals surface area contributed by atoms with Crippen LogP contribution in [0, 0.1) is 5.92 Å². The van der Waals surface area contributed by atoms with E-state index >= 15 is 0 Å². The molecule has 0 aromatic rings. The zero-order chi connectivity index (χ0) is 10.5. The molecule has 0 saturated carbocycles. The third-order valence-corrected chi connectivity index (χ3v) is 3.41. The van der Waals surface area contributed by atoms with E-state index in [-0.39, 0.29) is 5.54 Å². The van der Waals surface area contributed by atoms with E-state index in [2.05, 4.69) is 39.6 Å². The van der Waals surface area contributed by atoms with Gasteiger partial charge in [-0.05, 0) is 26.3 Å². The van der Waals surface area contributed by atoms with Crippen molar-refractivity contribution in [3.8, 4) is 0 Å². The predicted molar refractivity (Wildman–Crippen MR) is 59.8 cm³/mol. The second-order valence-electron chi connectivity index (χ2n) is 4.45. The molecule has 80 valence electrons. The fraction of sp³-hybridized carbons (Fsp3) is 1.00. The quantitative estimate of drug-likeness (QED) is 0.688. The topological polar surface area (TPSA) is 29.3 Å². The van der Waals surface area contributed by atoms with E-state index in [1.165, 1.54) is 6.42 Å². The third kappa shape index (κ3) is 3.65. The van der Waals surface area contributed by atoms with Gasteiger partial charge in [0.15, 0.2) is 0 Å². The van der Waals surface area contributed by atoms with Crippen molar-refractivity contribution in [2.24, 2.45) is 11.7 Å². The standard InChI is InChI=1S/C11H26N2/c1-6-10(3)8-13(5)11(4,7-2)9-12/h10H,6-9,12H2,1-5H3. The molecule has 0 amide bonds. The summed E-state index contributed by atoms with van der Waals surface area (Å²) in [6.07, 6.45) is 2.37. The molecular weight excluding hydrogens is 160 g/mol. The van der Waals surface area contributed by atoms with E-state index in [9.17, 15) is 0 Å². The van der Waals surface area contributed by atoms with Crippen LogP contribution in [-0.2, 0) is 0 Å². The first kappa shape index (κ1) is 12.9. The Bertz CT molecular complexity index is 130. The summed E-state index contributed by atoms with van der Waals surface area (Å²) in [5, 5.41) is 0. The first-order chi connectivity index (χ1) is 6.00. The van der Waals surface area contributed by atoms with Crippen LogP contribution < -0.4 is 5.73 Å². The highest BCUT2D eigenvalue weighted by atomic mass is 15.2. The molecule has 0 aromatic carbocycles. The van der Waals surface area contributed by atoms with Gasteiger partial charge in [-0.3, -0.25) is 4.90 Å². The van der Waals surface area contributed by atoms with Crippen molar-refractivity contribution in [1.29, 1.82) is 0 Å². The predicted octanol–water partition coefficient (Wildman–Crippen LogP) is 2.09. The molecule has 0 aliphatic heterocycles. The van der Waals surface area contributed by atoms with Crippen molar-refractivity contribution in [2.75, 3.05) is 20.1 Å². The Labute approximate surface area is 83.5 Å². The highest BCUT2D eigenvalue weighted by Gasteiger charge is 2.25. The molecule has 2 atom stereocenters. The molecule has 0 spiro atoms. The first-order valence-corrected chi connectivity index (χ1v) is 5.41. The maximum Gasteiger partial charge on any atom is 0.0298 e. The van der Waals surface area contributed by atoms with Crippen molar-refractivity contribution in [1.82, 2.24) is 4.90 Å². The second kappa shape index (κ2) is 5.61. The minimum absolute atomic E-state index is 0.184. The molecule has 0 saturated heterocycles. The highest BCUT2D eigenvalue weighted by molar-refractivity contribution is 4.84. The average molecular weight is 186 g/mol. The summed E-state index contributed by atoms with van der Waals surface area (Å²) in [4.78, 5) is 2.40. The van der Waals surface area contributed by atoms with Gasteiger partial charge >= 0.3 is 0 Å². The zero-order valence-electron chi connectivity index (χ0n) is 9.93.